The first-order chi connectivity index (χ1) is 9.52. The van der Waals surface area contributed by atoms with Gasteiger partial charge in [-0.2, -0.15) is 0 Å². The van der Waals surface area contributed by atoms with Crippen molar-refractivity contribution in [2.75, 3.05) is 6.61 Å². The number of carbonyl (C=O) groups excluding carboxylic acids is 1. The number of carbonyl (C=O) groups is 1. The van der Waals surface area contributed by atoms with Crippen LogP contribution in [-0.2, 0) is 6.54 Å². The van der Waals surface area contributed by atoms with E-state index in [1.54, 1.807) is 0 Å². The Morgan fingerprint density at radius 1 is 1.25 bits per heavy atom. The van der Waals surface area contributed by atoms with Crippen LogP contribution in [-0.4, -0.2) is 17.0 Å². The van der Waals surface area contributed by atoms with E-state index in [1.165, 1.54) is 24.3 Å². The second kappa shape index (κ2) is 5.90. The molecule has 0 fully saturated rings. The van der Waals surface area contributed by atoms with Gasteiger partial charge in [-0.3, -0.25) is 4.79 Å². The molecular weight excluding hydrogens is 257 g/mol. The van der Waals surface area contributed by atoms with E-state index in [0.717, 1.165) is 17.9 Å². The molecular formula is C16H18FNO2. The van der Waals surface area contributed by atoms with Gasteiger partial charge in [0.2, 0.25) is 5.78 Å². The fraction of sp³-hybridized carbons (Fsp3) is 0.312. The molecule has 0 N–H and O–H groups in total. The number of benzene rings is 1. The van der Waals surface area contributed by atoms with Crippen LogP contribution in [0.2, 0.25) is 0 Å². The minimum atomic E-state index is -0.324. The lowest BCUT2D eigenvalue weighted by atomic mass is 10.1. The Labute approximate surface area is 118 Å². The molecule has 4 heteroatoms. The summed E-state index contributed by atoms with van der Waals surface area (Å²) in [4.78, 5) is 12.2. The number of aryl methyl sites for hydroxylation is 1. The Morgan fingerprint density at radius 2 is 1.90 bits per heavy atom. The van der Waals surface area contributed by atoms with E-state index in [-0.39, 0.29) is 18.2 Å². The van der Waals surface area contributed by atoms with Crippen molar-refractivity contribution in [1.82, 2.24) is 4.57 Å². The van der Waals surface area contributed by atoms with E-state index in [0.29, 0.717) is 11.3 Å². The maximum atomic E-state index is 12.8. The predicted octanol–water partition coefficient (Wildman–Crippen LogP) is 3.53. The van der Waals surface area contributed by atoms with Crippen molar-refractivity contribution in [2.24, 2.45) is 0 Å². The fourth-order valence-electron chi connectivity index (χ4n) is 2.33. The Balaban J connectivity index is 2.07. The van der Waals surface area contributed by atoms with E-state index >= 15 is 0 Å². The zero-order chi connectivity index (χ0) is 14.7. The number of hydrogen-bond acceptors (Lipinski definition) is 2. The summed E-state index contributed by atoms with van der Waals surface area (Å²) in [5, 5.41) is 0. The summed E-state index contributed by atoms with van der Waals surface area (Å²) in [5.74, 6) is 0.0985. The van der Waals surface area contributed by atoms with Gasteiger partial charge < -0.3 is 9.30 Å². The molecule has 0 radical (unpaired) electrons. The first-order valence-corrected chi connectivity index (χ1v) is 6.61. The average molecular weight is 275 g/mol. The highest BCUT2D eigenvalue weighted by atomic mass is 19.1. The Morgan fingerprint density at radius 3 is 2.45 bits per heavy atom. The third-order valence-corrected chi connectivity index (χ3v) is 3.37. The Kier molecular flexibility index (Phi) is 4.23. The fourth-order valence-corrected chi connectivity index (χ4v) is 2.33. The molecule has 1 heterocycles. The Hall–Kier alpha value is -2.10. The van der Waals surface area contributed by atoms with E-state index in [9.17, 15) is 9.18 Å². The topological polar surface area (TPSA) is 31.2 Å². The van der Waals surface area contributed by atoms with E-state index in [1.807, 2.05) is 26.8 Å². The smallest absolute Gasteiger partial charge is 0.202 e. The second-order valence-corrected chi connectivity index (χ2v) is 4.69. The number of aromatic nitrogens is 1. The summed E-state index contributed by atoms with van der Waals surface area (Å²) in [6, 6.07) is 7.52. The van der Waals surface area contributed by atoms with Crippen molar-refractivity contribution >= 4 is 5.78 Å². The highest BCUT2D eigenvalue weighted by Gasteiger charge is 2.15. The highest BCUT2D eigenvalue weighted by molar-refractivity contribution is 5.98. The van der Waals surface area contributed by atoms with Crippen LogP contribution in [0.15, 0.2) is 30.3 Å². The molecule has 2 rings (SSSR count). The van der Waals surface area contributed by atoms with Crippen LogP contribution in [0.25, 0.3) is 0 Å². The number of ether oxygens (including phenoxy) is 1. The molecule has 1 aromatic heterocycles. The van der Waals surface area contributed by atoms with Gasteiger partial charge in [0.05, 0.1) is 0 Å². The number of rotatable bonds is 5. The van der Waals surface area contributed by atoms with Crippen LogP contribution < -0.4 is 4.74 Å². The highest BCUT2D eigenvalue weighted by Crippen LogP contribution is 2.17. The van der Waals surface area contributed by atoms with Crippen molar-refractivity contribution < 1.29 is 13.9 Å². The Bertz CT molecular complexity index is 614. The quantitative estimate of drug-likeness (QED) is 0.782. The number of nitrogens with zero attached hydrogens (tertiary/aromatic N) is 1. The molecule has 0 saturated carbocycles. The van der Waals surface area contributed by atoms with E-state index in [2.05, 4.69) is 4.57 Å². The molecule has 0 aliphatic rings. The molecule has 0 atom stereocenters. The lowest BCUT2D eigenvalue weighted by Gasteiger charge is -2.07. The van der Waals surface area contributed by atoms with Crippen LogP contribution >= 0.6 is 0 Å². The number of Topliss-reactive ketones (excluding diaryl/α,β-unsaturated/α-hetero) is 1. The first kappa shape index (κ1) is 14.3. The summed E-state index contributed by atoms with van der Waals surface area (Å²) in [5.41, 5.74) is 2.71. The van der Waals surface area contributed by atoms with Crippen LogP contribution in [0.3, 0.4) is 0 Å². The SMILES string of the molecule is CCn1c(C)cc(C(=O)COc2ccc(F)cc2)c1C. The van der Waals surface area contributed by atoms with Crippen molar-refractivity contribution in [2.45, 2.75) is 27.3 Å². The molecule has 1 aromatic carbocycles. The summed E-state index contributed by atoms with van der Waals surface area (Å²) in [6.07, 6.45) is 0. The van der Waals surface area contributed by atoms with E-state index < -0.39 is 0 Å². The normalized spacial score (nSPS) is 10.6. The second-order valence-electron chi connectivity index (χ2n) is 4.69. The monoisotopic (exact) mass is 275 g/mol. The molecule has 0 aliphatic heterocycles. The van der Waals surface area contributed by atoms with Gasteiger partial charge >= 0.3 is 0 Å². The molecule has 0 saturated heterocycles. The van der Waals surface area contributed by atoms with Crippen molar-refractivity contribution in [3.8, 4) is 5.75 Å². The molecule has 20 heavy (non-hydrogen) atoms. The largest absolute Gasteiger partial charge is 0.485 e. The zero-order valence-electron chi connectivity index (χ0n) is 11.9. The zero-order valence-corrected chi connectivity index (χ0v) is 11.9. The van der Waals surface area contributed by atoms with E-state index in [4.69, 9.17) is 4.74 Å². The molecule has 0 aliphatic carbocycles. The minimum Gasteiger partial charge on any atom is -0.485 e. The van der Waals surface area contributed by atoms with Crippen LogP contribution in [0.1, 0.15) is 28.7 Å². The van der Waals surface area contributed by atoms with Gasteiger partial charge in [0.15, 0.2) is 6.61 Å². The van der Waals surface area contributed by atoms with Gasteiger partial charge in [0.25, 0.3) is 0 Å². The van der Waals surface area contributed by atoms with Gasteiger partial charge in [-0.15, -0.1) is 0 Å². The molecule has 0 amide bonds. The van der Waals surface area contributed by atoms with Crippen LogP contribution in [0, 0.1) is 19.7 Å². The molecule has 0 spiro atoms. The first-order valence-electron chi connectivity index (χ1n) is 6.61. The van der Waals surface area contributed by atoms with Gasteiger partial charge in [0.1, 0.15) is 11.6 Å². The summed E-state index contributed by atoms with van der Waals surface area (Å²) >= 11 is 0. The van der Waals surface area contributed by atoms with Crippen molar-refractivity contribution in [3.63, 3.8) is 0 Å². The van der Waals surface area contributed by atoms with Crippen molar-refractivity contribution in [1.29, 1.82) is 0 Å². The molecule has 3 nitrogen and oxygen atoms in total. The van der Waals surface area contributed by atoms with Crippen LogP contribution in [0.5, 0.6) is 5.75 Å². The van der Waals surface area contributed by atoms with Crippen LogP contribution in [0.4, 0.5) is 4.39 Å². The average Bonchev–Trinajstić information content (AvgIpc) is 2.72. The lowest BCUT2D eigenvalue weighted by Crippen LogP contribution is -2.12. The van der Waals surface area contributed by atoms with Gasteiger partial charge in [0, 0.05) is 23.5 Å². The predicted molar refractivity (Wildman–Crippen MR) is 75.8 cm³/mol. The summed E-state index contributed by atoms with van der Waals surface area (Å²) in [6.45, 7) is 6.75. The number of hydrogen-bond donors (Lipinski definition) is 0. The number of ketones is 1. The lowest BCUT2D eigenvalue weighted by molar-refractivity contribution is 0.0921. The molecule has 2 aromatic rings. The van der Waals surface area contributed by atoms with Crippen molar-refractivity contribution in [3.05, 3.63) is 53.1 Å². The minimum absolute atomic E-state index is 0.0420. The third-order valence-electron chi connectivity index (χ3n) is 3.37. The summed E-state index contributed by atoms with van der Waals surface area (Å²) < 4.78 is 20.2. The molecule has 106 valence electrons. The van der Waals surface area contributed by atoms with Gasteiger partial charge in [-0.25, -0.2) is 4.39 Å². The summed E-state index contributed by atoms with van der Waals surface area (Å²) in [7, 11) is 0. The van der Waals surface area contributed by atoms with Gasteiger partial charge in [-0.05, 0) is 51.1 Å². The standard InChI is InChI=1S/C16H18FNO2/c1-4-18-11(2)9-15(12(18)3)16(19)10-20-14-7-5-13(17)6-8-14/h5-9H,4,10H2,1-3H3. The van der Waals surface area contributed by atoms with Gasteiger partial charge in [-0.1, -0.05) is 0 Å². The molecule has 0 unspecified atom stereocenters. The third kappa shape index (κ3) is 2.90. The molecule has 0 bridgehead atoms. The maximum absolute atomic E-state index is 12.8. The maximum Gasteiger partial charge on any atom is 0.202 e. The number of halogens is 1.